The van der Waals surface area contributed by atoms with E-state index < -0.39 is 0 Å². The first-order valence-corrected chi connectivity index (χ1v) is 7.34. The lowest BCUT2D eigenvalue weighted by Gasteiger charge is -2.33. The Kier molecular flexibility index (Phi) is 3.06. The van der Waals surface area contributed by atoms with Gasteiger partial charge in [-0.1, -0.05) is 0 Å². The molecule has 3 heterocycles. The summed E-state index contributed by atoms with van der Waals surface area (Å²) in [4.78, 5) is 16.4. The number of nitrogens with zero attached hydrogens (tertiary/aromatic N) is 3. The average molecular weight is 278 g/mol. The van der Waals surface area contributed by atoms with Gasteiger partial charge in [0.15, 0.2) is 0 Å². The second-order valence-electron chi connectivity index (χ2n) is 5.09. The van der Waals surface area contributed by atoms with Crippen LogP contribution in [-0.4, -0.2) is 46.3 Å². The molecule has 0 spiro atoms. The molecule has 2 aromatic heterocycles. The summed E-state index contributed by atoms with van der Waals surface area (Å²) in [6.07, 6.45) is 0. The molecule has 1 aliphatic rings. The molecular weight excluding hydrogens is 260 g/mol. The van der Waals surface area contributed by atoms with Crippen molar-refractivity contribution in [3.63, 3.8) is 0 Å². The van der Waals surface area contributed by atoms with E-state index in [0.717, 1.165) is 40.4 Å². The number of nitrogens with one attached hydrogen (secondary N) is 1. The molecule has 1 aliphatic heterocycles. The Hall–Kier alpha value is -1.40. The molecule has 0 aromatic carbocycles. The number of hydrogen-bond acceptors (Lipinski definition) is 4. The monoisotopic (exact) mass is 278 g/mol. The van der Waals surface area contributed by atoms with E-state index in [1.807, 2.05) is 29.6 Å². The molecule has 19 heavy (non-hydrogen) atoms. The fourth-order valence-corrected chi connectivity index (χ4v) is 3.67. The van der Waals surface area contributed by atoms with Crippen molar-refractivity contribution in [1.29, 1.82) is 0 Å². The largest absolute Gasteiger partial charge is 0.333 e. The van der Waals surface area contributed by atoms with Crippen molar-refractivity contribution in [3.05, 3.63) is 16.6 Å². The molecule has 1 amide bonds. The summed E-state index contributed by atoms with van der Waals surface area (Å²) in [6, 6.07) is 2.24. The predicted octanol–water partition coefficient (Wildman–Crippen LogP) is 1.38. The van der Waals surface area contributed by atoms with Gasteiger partial charge in [0, 0.05) is 38.1 Å². The van der Waals surface area contributed by atoms with Gasteiger partial charge in [-0.3, -0.25) is 9.48 Å². The normalized spacial score (nSPS) is 20.2. The van der Waals surface area contributed by atoms with Crippen LogP contribution in [-0.2, 0) is 7.05 Å². The summed E-state index contributed by atoms with van der Waals surface area (Å²) < 4.78 is 1.85. The van der Waals surface area contributed by atoms with Gasteiger partial charge in [0.1, 0.15) is 4.83 Å². The molecule has 0 saturated carbocycles. The maximum atomic E-state index is 12.6. The van der Waals surface area contributed by atoms with Crippen LogP contribution in [0, 0.1) is 6.92 Å². The number of piperazine rings is 1. The maximum absolute atomic E-state index is 12.6. The first-order chi connectivity index (χ1) is 9.08. The van der Waals surface area contributed by atoms with Gasteiger partial charge in [-0.25, -0.2) is 0 Å². The van der Waals surface area contributed by atoms with Crippen LogP contribution in [0.5, 0.6) is 0 Å². The Bertz CT molecular complexity index is 595. The van der Waals surface area contributed by atoms with E-state index in [-0.39, 0.29) is 11.9 Å². The smallest absolute Gasteiger partial charge is 0.264 e. The molecule has 102 valence electrons. The third-order valence-electron chi connectivity index (χ3n) is 3.67. The van der Waals surface area contributed by atoms with Crippen LogP contribution < -0.4 is 5.32 Å². The highest BCUT2D eigenvalue weighted by atomic mass is 32.1. The second kappa shape index (κ2) is 4.61. The number of hydrogen-bond donors (Lipinski definition) is 1. The SMILES string of the molecule is Cc1nn(C)c2sc(C(=O)N3CCNCC3C)cc12. The van der Waals surface area contributed by atoms with Crippen molar-refractivity contribution in [2.45, 2.75) is 19.9 Å². The van der Waals surface area contributed by atoms with E-state index in [9.17, 15) is 4.79 Å². The van der Waals surface area contributed by atoms with E-state index >= 15 is 0 Å². The van der Waals surface area contributed by atoms with Crippen LogP contribution >= 0.6 is 11.3 Å². The number of rotatable bonds is 1. The third kappa shape index (κ3) is 2.04. The van der Waals surface area contributed by atoms with E-state index in [4.69, 9.17) is 0 Å². The zero-order valence-corrected chi connectivity index (χ0v) is 12.3. The number of carbonyl (C=O) groups is 1. The van der Waals surface area contributed by atoms with Crippen molar-refractivity contribution in [2.75, 3.05) is 19.6 Å². The zero-order valence-electron chi connectivity index (χ0n) is 11.4. The first-order valence-electron chi connectivity index (χ1n) is 6.52. The molecule has 2 aromatic rings. The van der Waals surface area contributed by atoms with Gasteiger partial charge in [-0.15, -0.1) is 11.3 Å². The van der Waals surface area contributed by atoms with Crippen LogP contribution in [0.15, 0.2) is 6.07 Å². The van der Waals surface area contributed by atoms with Gasteiger partial charge < -0.3 is 10.2 Å². The van der Waals surface area contributed by atoms with Crippen molar-refractivity contribution in [2.24, 2.45) is 7.05 Å². The summed E-state index contributed by atoms with van der Waals surface area (Å²) in [5.74, 6) is 0.148. The standard InChI is InChI=1S/C13H18N4OS/c1-8-7-14-4-5-17(8)12(18)11-6-10-9(2)15-16(3)13(10)19-11/h6,8,14H,4-5,7H2,1-3H3. The van der Waals surface area contributed by atoms with E-state index in [1.54, 1.807) is 0 Å². The lowest BCUT2D eigenvalue weighted by molar-refractivity contribution is 0.0661. The minimum atomic E-state index is 0.148. The van der Waals surface area contributed by atoms with Crippen molar-refractivity contribution in [1.82, 2.24) is 20.0 Å². The average Bonchev–Trinajstić information content (AvgIpc) is 2.92. The Morgan fingerprint density at radius 1 is 1.58 bits per heavy atom. The molecule has 0 aliphatic carbocycles. The lowest BCUT2D eigenvalue weighted by atomic mass is 10.2. The van der Waals surface area contributed by atoms with E-state index in [1.165, 1.54) is 11.3 Å². The summed E-state index contributed by atoms with van der Waals surface area (Å²) in [6.45, 7) is 6.60. The molecular formula is C13H18N4OS. The van der Waals surface area contributed by atoms with Gasteiger partial charge in [-0.2, -0.15) is 5.10 Å². The van der Waals surface area contributed by atoms with Crippen LogP contribution in [0.25, 0.3) is 10.2 Å². The fraction of sp³-hybridized carbons (Fsp3) is 0.538. The minimum absolute atomic E-state index is 0.148. The highest BCUT2D eigenvalue weighted by molar-refractivity contribution is 7.20. The Morgan fingerprint density at radius 3 is 3.05 bits per heavy atom. The number of amides is 1. The molecule has 6 heteroatoms. The number of fused-ring (bicyclic) bond motifs is 1. The molecule has 5 nitrogen and oxygen atoms in total. The quantitative estimate of drug-likeness (QED) is 0.857. The number of carbonyl (C=O) groups excluding carboxylic acids is 1. The van der Waals surface area contributed by atoms with E-state index in [2.05, 4.69) is 17.3 Å². The molecule has 1 N–H and O–H groups in total. The van der Waals surface area contributed by atoms with Crippen molar-refractivity contribution >= 4 is 27.5 Å². The molecule has 1 atom stereocenters. The molecule has 3 rings (SSSR count). The Labute approximate surface area is 116 Å². The van der Waals surface area contributed by atoms with Gasteiger partial charge in [-0.05, 0) is 19.9 Å². The van der Waals surface area contributed by atoms with Gasteiger partial charge in [0.2, 0.25) is 0 Å². The molecule has 0 radical (unpaired) electrons. The van der Waals surface area contributed by atoms with Crippen LogP contribution in [0.3, 0.4) is 0 Å². The lowest BCUT2D eigenvalue weighted by Crippen LogP contribution is -2.52. The highest BCUT2D eigenvalue weighted by Crippen LogP contribution is 2.29. The van der Waals surface area contributed by atoms with Gasteiger partial charge in [0.05, 0.1) is 10.6 Å². The summed E-state index contributed by atoms with van der Waals surface area (Å²) >= 11 is 1.54. The molecule has 1 saturated heterocycles. The maximum Gasteiger partial charge on any atom is 0.264 e. The molecule has 1 fully saturated rings. The minimum Gasteiger partial charge on any atom is -0.333 e. The van der Waals surface area contributed by atoms with Gasteiger partial charge >= 0.3 is 0 Å². The molecule has 1 unspecified atom stereocenters. The number of aromatic nitrogens is 2. The van der Waals surface area contributed by atoms with Crippen LogP contribution in [0.4, 0.5) is 0 Å². The summed E-state index contributed by atoms with van der Waals surface area (Å²) in [5.41, 5.74) is 0.987. The Balaban J connectivity index is 1.95. The summed E-state index contributed by atoms with van der Waals surface area (Å²) in [5, 5.41) is 8.77. The van der Waals surface area contributed by atoms with Gasteiger partial charge in [0.25, 0.3) is 5.91 Å². The number of aryl methyl sites for hydroxylation is 2. The molecule has 0 bridgehead atoms. The topological polar surface area (TPSA) is 50.2 Å². The van der Waals surface area contributed by atoms with Crippen LogP contribution in [0.1, 0.15) is 22.3 Å². The van der Waals surface area contributed by atoms with Crippen molar-refractivity contribution in [3.8, 4) is 0 Å². The van der Waals surface area contributed by atoms with Crippen LogP contribution in [0.2, 0.25) is 0 Å². The third-order valence-corrected chi connectivity index (χ3v) is 4.86. The Morgan fingerprint density at radius 2 is 2.37 bits per heavy atom. The highest BCUT2D eigenvalue weighted by Gasteiger charge is 2.26. The predicted molar refractivity (Wildman–Crippen MR) is 76.7 cm³/mol. The van der Waals surface area contributed by atoms with Crippen molar-refractivity contribution < 1.29 is 4.79 Å². The second-order valence-corrected chi connectivity index (χ2v) is 6.12. The zero-order chi connectivity index (χ0) is 13.6. The summed E-state index contributed by atoms with van der Waals surface area (Å²) in [7, 11) is 1.92. The number of thiophene rings is 1. The van der Waals surface area contributed by atoms with E-state index in [0.29, 0.717) is 0 Å². The first kappa shape index (κ1) is 12.6. The fourth-order valence-electron chi connectivity index (χ4n) is 2.59.